The second kappa shape index (κ2) is 3.23. The average Bonchev–Trinajstić information content (AvgIpc) is 1.83. The van der Waals surface area contributed by atoms with Gasteiger partial charge in [-0.15, -0.1) is 0 Å². The number of rotatable bonds is 0. The average molecular weight is 189 g/mol. The Kier molecular flexibility index (Phi) is 3.20. The molecule has 0 spiro atoms. The van der Waals surface area contributed by atoms with E-state index in [9.17, 15) is 0 Å². The van der Waals surface area contributed by atoms with Crippen LogP contribution in [0.15, 0.2) is 0 Å². The van der Waals surface area contributed by atoms with E-state index >= 15 is 0 Å². The Labute approximate surface area is 82.1 Å². The zero-order chi connectivity index (χ0) is 9.62. The van der Waals surface area contributed by atoms with E-state index in [1.54, 1.807) is 0 Å². The molecule has 1 aliphatic rings. The normalized spacial score (nSPS) is 29.1. The molecule has 0 aromatic carbocycles. The fourth-order valence-electron chi connectivity index (χ4n) is 2.32. The summed E-state index contributed by atoms with van der Waals surface area (Å²) in [5.74, 6) is 0. The SMILES string of the molecule is CC1(C)CCC[N+](C)(C)C1(C)C.[F-]. The van der Waals surface area contributed by atoms with Crippen molar-refractivity contribution in [2.24, 2.45) is 5.41 Å². The molecule has 0 bridgehead atoms. The van der Waals surface area contributed by atoms with Gasteiger partial charge in [-0.25, -0.2) is 0 Å². The van der Waals surface area contributed by atoms with Crippen molar-refractivity contribution in [2.75, 3.05) is 20.6 Å². The Bertz CT molecular complexity index is 165. The maximum atomic E-state index is 2.41. The van der Waals surface area contributed by atoms with Crippen LogP contribution in [0.3, 0.4) is 0 Å². The number of hydrogen-bond acceptors (Lipinski definition) is 0. The molecule has 0 aromatic rings. The first-order valence-electron chi connectivity index (χ1n) is 5.04. The third-order valence-electron chi connectivity index (χ3n) is 4.69. The van der Waals surface area contributed by atoms with Crippen LogP contribution in [0, 0.1) is 5.41 Å². The van der Waals surface area contributed by atoms with Crippen molar-refractivity contribution in [3.05, 3.63) is 0 Å². The highest BCUT2D eigenvalue weighted by atomic mass is 19.0. The summed E-state index contributed by atoms with van der Waals surface area (Å²) >= 11 is 0. The molecule has 13 heavy (non-hydrogen) atoms. The van der Waals surface area contributed by atoms with Gasteiger partial charge in [-0.2, -0.15) is 0 Å². The maximum absolute atomic E-state index is 2.41. The summed E-state index contributed by atoms with van der Waals surface area (Å²) in [6.45, 7) is 11.0. The summed E-state index contributed by atoms with van der Waals surface area (Å²) in [7, 11) is 4.72. The summed E-state index contributed by atoms with van der Waals surface area (Å²) in [5, 5.41) is 0. The highest BCUT2D eigenvalue weighted by Crippen LogP contribution is 2.45. The molecule has 0 atom stereocenters. The molecule has 1 rings (SSSR count). The van der Waals surface area contributed by atoms with Crippen molar-refractivity contribution in [3.8, 4) is 0 Å². The van der Waals surface area contributed by atoms with Crippen molar-refractivity contribution in [3.63, 3.8) is 0 Å². The number of hydrogen-bond donors (Lipinski definition) is 0. The molecule has 80 valence electrons. The Morgan fingerprint density at radius 1 is 1.00 bits per heavy atom. The molecule has 1 heterocycles. The second-order valence-electron chi connectivity index (χ2n) is 5.96. The predicted molar refractivity (Wildman–Crippen MR) is 54.1 cm³/mol. The minimum atomic E-state index is 0. The van der Waals surface area contributed by atoms with Crippen LogP contribution in [0.4, 0.5) is 0 Å². The van der Waals surface area contributed by atoms with Gasteiger partial charge in [0.2, 0.25) is 0 Å². The number of piperidine rings is 1. The van der Waals surface area contributed by atoms with Crippen molar-refractivity contribution in [2.45, 2.75) is 46.1 Å². The molecule has 0 N–H and O–H groups in total. The molecule has 0 radical (unpaired) electrons. The van der Waals surface area contributed by atoms with Crippen LogP contribution in [-0.4, -0.2) is 30.7 Å². The quantitative estimate of drug-likeness (QED) is 0.458. The highest BCUT2D eigenvalue weighted by molar-refractivity contribution is 4.90. The molecule has 0 amide bonds. The number of halogens is 1. The van der Waals surface area contributed by atoms with E-state index < -0.39 is 0 Å². The summed E-state index contributed by atoms with van der Waals surface area (Å²) in [4.78, 5) is 0. The van der Waals surface area contributed by atoms with Crippen LogP contribution in [0.1, 0.15) is 40.5 Å². The van der Waals surface area contributed by atoms with Gasteiger partial charge in [0.1, 0.15) is 0 Å². The fraction of sp³-hybridized carbons (Fsp3) is 1.00. The van der Waals surface area contributed by atoms with Crippen molar-refractivity contribution >= 4 is 0 Å². The topological polar surface area (TPSA) is 0 Å². The van der Waals surface area contributed by atoms with Crippen LogP contribution >= 0.6 is 0 Å². The van der Waals surface area contributed by atoms with Gasteiger partial charge in [0, 0.05) is 5.41 Å². The monoisotopic (exact) mass is 189 g/mol. The third kappa shape index (κ3) is 1.74. The number of nitrogens with zero attached hydrogens (tertiary/aromatic N) is 1. The van der Waals surface area contributed by atoms with Gasteiger partial charge in [0.25, 0.3) is 0 Å². The molecule has 0 aromatic heterocycles. The van der Waals surface area contributed by atoms with E-state index in [-0.39, 0.29) is 4.70 Å². The van der Waals surface area contributed by atoms with Crippen LogP contribution < -0.4 is 4.70 Å². The molecular weight excluding hydrogens is 165 g/mol. The third-order valence-corrected chi connectivity index (χ3v) is 4.69. The van der Waals surface area contributed by atoms with Crippen molar-refractivity contribution in [1.82, 2.24) is 0 Å². The Morgan fingerprint density at radius 3 is 1.77 bits per heavy atom. The summed E-state index contributed by atoms with van der Waals surface area (Å²) in [5.41, 5.74) is 0.889. The van der Waals surface area contributed by atoms with Crippen molar-refractivity contribution in [1.29, 1.82) is 0 Å². The molecule has 1 saturated heterocycles. The molecule has 0 unspecified atom stereocenters. The molecular formula is C11H24FN. The van der Waals surface area contributed by atoms with Crippen LogP contribution in [0.5, 0.6) is 0 Å². The molecule has 1 aliphatic heterocycles. The lowest BCUT2D eigenvalue weighted by atomic mass is 9.67. The summed E-state index contributed by atoms with van der Waals surface area (Å²) in [6, 6.07) is 0. The first-order chi connectivity index (χ1) is 5.21. The molecule has 0 saturated carbocycles. The van der Waals surface area contributed by atoms with E-state index in [4.69, 9.17) is 0 Å². The van der Waals surface area contributed by atoms with Crippen LogP contribution in [0.25, 0.3) is 0 Å². The Balaban J connectivity index is 0.00000144. The largest absolute Gasteiger partial charge is 1.00 e. The second-order valence-corrected chi connectivity index (χ2v) is 5.96. The standard InChI is InChI=1S/C11H24N.FH/c1-10(2)8-7-9-12(5,6)11(10,3)4;/h7-9H2,1-6H3;1H/q+1;/p-1. The lowest BCUT2D eigenvalue weighted by Gasteiger charge is -2.56. The minimum Gasteiger partial charge on any atom is -1.00 e. The molecule has 0 aliphatic carbocycles. The fourth-order valence-corrected chi connectivity index (χ4v) is 2.32. The van der Waals surface area contributed by atoms with Gasteiger partial charge in [-0.05, 0) is 26.7 Å². The lowest BCUT2D eigenvalue weighted by Crippen LogP contribution is -3.00. The molecule has 2 heteroatoms. The zero-order valence-electron chi connectivity index (χ0n) is 9.95. The zero-order valence-corrected chi connectivity index (χ0v) is 9.95. The van der Waals surface area contributed by atoms with E-state index in [0.29, 0.717) is 11.0 Å². The summed E-state index contributed by atoms with van der Waals surface area (Å²) in [6.07, 6.45) is 2.76. The number of likely N-dealkylation sites (tertiary alicyclic amines) is 1. The van der Waals surface area contributed by atoms with Crippen LogP contribution in [-0.2, 0) is 0 Å². The first kappa shape index (κ1) is 12.9. The molecule has 1 nitrogen and oxygen atoms in total. The van der Waals surface area contributed by atoms with Gasteiger partial charge < -0.3 is 9.19 Å². The number of quaternary nitrogens is 1. The lowest BCUT2D eigenvalue weighted by molar-refractivity contribution is -0.952. The van der Waals surface area contributed by atoms with Gasteiger partial charge in [0.15, 0.2) is 0 Å². The Hall–Kier alpha value is -0.110. The minimum absolute atomic E-state index is 0. The van der Waals surface area contributed by atoms with E-state index in [0.717, 1.165) is 0 Å². The van der Waals surface area contributed by atoms with Crippen molar-refractivity contribution < 1.29 is 9.19 Å². The highest BCUT2D eigenvalue weighted by Gasteiger charge is 2.51. The Morgan fingerprint density at radius 2 is 1.46 bits per heavy atom. The summed E-state index contributed by atoms with van der Waals surface area (Å²) < 4.78 is 1.17. The van der Waals surface area contributed by atoms with Gasteiger partial charge in [0.05, 0.1) is 26.2 Å². The first-order valence-corrected chi connectivity index (χ1v) is 5.04. The molecule has 1 fully saturated rings. The van der Waals surface area contributed by atoms with E-state index in [1.807, 2.05) is 0 Å². The maximum Gasteiger partial charge on any atom is 0.0982 e. The smallest absolute Gasteiger partial charge is 0.0982 e. The van der Waals surface area contributed by atoms with Gasteiger partial charge in [-0.1, -0.05) is 13.8 Å². The van der Waals surface area contributed by atoms with Crippen LogP contribution in [0.2, 0.25) is 0 Å². The predicted octanol–water partition coefficient (Wildman–Crippen LogP) is -0.335. The van der Waals surface area contributed by atoms with E-state index in [2.05, 4.69) is 41.8 Å². The van der Waals surface area contributed by atoms with Gasteiger partial charge in [-0.3, -0.25) is 0 Å². The van der Waals surface area contributed by atoms with E-state index in [1.165, 1.54) is 23.9 Å². The van der Waals surface area contributed by atoms with Gasteiger partial charge >= 0.3 is 0 Å².